The third kappa shape index (κ3) is 4.06. The fraction of sp³-hybridized carbons (Fsp3) is 0.389. The number of aromatic nitrogens is 2. The Morgan fingerprint density at radius 2 is 2.04 bits per heavy atom. The lowest BCUT2D eigenvalue weighted by Crippen LogP contribution is -2.36. The van der Waals surface area contributed by atoms with Crippen molar-refractivity contribution in [2.75, 3.05) is 11.4 Å². The molecule has 2 aromatic rings. The molecule has 5 nitrogen and oxygen atoms in total. The van der Waals surface area contributed by atoms with Crippen molar-refractivity contribution in [2.24, 2.45) is 0 Å². The Balaban J connectivity index is 2.22. The molecular formula is C18H23N3O2. The number of rotatable bonds is 5. The second kappa shape index (κ2) is 7.22. The van der Waals surface area contributed by atoms with Gasteiger partial charge in [0, 0.05) is 18.3 Å². The summed E-state index contributed by atoms with van der Waals surface area (Å²) < 4.78 is 1.35. The van der Waals surface area contributed by atoms with Gasteiger partial charge in [-0.15, -0.1) is 0 Å². The van der Waals surface area contributed by atoms with Crippen molar-refractivity contribution in [1.82, 2.24) is 9.55 Å². The average Bonchev–Trinajstić information content (AvgIpc) is 2.50. The molecular weight excluding hydrogens is 290 g/mol. The van der Waals surface area contributed by atoms with Gasteiger partial charge < -0.3 is 4.90 Å². The van der Waals surface area contributed by atoms with Crippen molar-refractivity contribution >= 4 is 11.6 Å². The van der Waals surface area contributed by atoms with Crippen molar-refractivity contribution in [3.63, 3.8) is 0 Å². The number of benzene rings is 1. The molecule has 0 saturated carbocycles. The summed E-state index contributed by atoms with van der Waals surface area (Å²) in [6.07, 6.45) is 1.46. The summed E-state index contributed by atoms with van der Waals surface area (Å²) in [4.78, 5) is 30.6. The Morgan fingerprint density at radius 1 is 1.30 bits per heavy atom. The number of amides is 1. The van der Waals surface area contributed by atoms with Crippen LogP contribution in [0.5, 0.6) is 0 Å². The first-order chi connectivity index (χ1) is 10.9. The molecule has 0 saturated heterocycles. The molecule has 23 heavy (non-hydrogen) atoms. The van der Waals surface area contributed by atoms with Gasteiger partial charge >= 0.3 is 0 Å². The number of hydrogen-bond acceptors (Lipinski definition) is 3. The fourth-order valence-corrected chi connectivity index (χ4v) is 2.40. The molecule has 0 aliphatic carbocycles. The molecule has 0 aliphatic heterocycles. The summed E-state index contributed by atoms with van der Waals surface area (Å²) in [5.41, 5.74) is 2.48. The van der Waals surface area contributed by atoms with Crippen LogP contribution in [-0.2, 0) is 11.3 Å². The minimum atomic E-state index is -0.197. The van der Waals surface area contributed by atoms with Gasteiger partial charge in [-0.05, 0) is 37.5 Å². The molecule has 0 aliphatic rings. The van der Waals surface area contributed by atoms with E-state index in [-0.39, 0.29) is 23.9 Å². The van der Waals surface area contributed by atoms with Crippen LogP contribution in [-0.4, -0.2) is 22.0 Å². The highest BCUT2D eigenvalue weighted by Crippen LogP contribution is 2.16. The summed E-state index contributed by atoms with van der Waals surface area (Å²) in [5, 5.41) is 0. The number of nitrogens with zero attached hydrogens (tertiary/aromatic N) is 3. The molecule has 0 N–H and O–H groups in total. The van der Waals surface area contributed by atoms with Crippen molar-refractivity contribution in [3.8, 4) is 0 Å². The predicted molar refractivity (Wildman–Crippen MR) is 91.8 cm³/mol. The van der Waals surface area contributed by atoms with Crippen LogP contribution in [0.2, 0.25) is 0 Å². The van der Waals surface area contributed by atoms with E-state index in [1.165, 1.54) is 17.0 Å². The molecule has 0 radical (unpaired) electrons. The molecule has 1 aromatic carbocycles. The standard InChI is InChI=1S/C18H23N3O2/c1-5-21(15-8-6-7-14(4)9-15)18(23)11-20-12-19-16(13(2)3)10-17(20)22/h6-10,12-13H,5,11H2,1-4H3. The van der Waals surface area contributed by atoms with Gasteiger partial charge in [-0.1, -0.05) is 26.0 Å². The second-order valence-electron chi connectivity index (χ2n) is 5.91. The van der Waals surface area contributed by atoms with E-state index in [4.69, 9.17) is 0 Å². The smallest absolute Gasteiger partial charge is 0.254 e. The molecule has 1 amide bonds. The molecule has 0 bridgehead atoms. The minimum Gasteiger partial charge on any atom is -0.311 e. The topological polar surface area (TPSA) is 55.2 Å². The van der Waals surface area contributed by atoms with Gasteiger partial charge in [0.2, 0.25) is 5.91 Å². The maximum Gasteiger partial charge on any atom is 0.254 e. The van der Waals surface area contributed by atoms with E-state index < -0.39 is 0 Å². The zero-order valence-corrected chi connectivity index (χ0v) is 14.1. The van der Waals surface area contributed by atoms with Gasteiger partial charge in [0.25, 0.3) is 5.56 Å². The number of carbonyl (C=O) groups is 1. The summed E-state index contributed by atoms with van der Waals surface area (Å²) in [7, 11) is 0. The lowest BCUT2D eigenvalue weighted by molar-refractivity contribution is -0.119. The highest BCUT2D eigenvalue weighted by Gasteiger charge is 2.15. The summed E-state index contributed by atoms with van der Waals surface area (Å²) in [5.74, 6) is 0.0618. The van der Waals surface area contributed by atoms with Gasteiger partial charge in [-0.3, -0.25) is 14.2 Å². The normalized spacial score (nSPS) is 10.8. The second-order valence-corrected chi connectivity index (χ2v) is 5.91. The van der Waals surface area contributed by atoms with Gasteiger partial charge in [0.1, 0.15) is 6.54 Å². The van der Waals surface area contributed by atoms with E-state index in [1.54, 1.807) is 4.90 Å². The SMILES string of the molecule is CCN(C(=O)Cn1cnc(C(C)C)cc1=O)c1cccc(C)c1. The van der Waals surface area contributed by atoms with Crippen LogP contribution in [0.3, 0.4) is 0 Å². The van der Waals surface area contributed by atoms with Gasteiger partial charge in [0.15, 0.2) is 0 Å². The van der Waals surface area contributed by atoms with Crippen LogP contribution in [0.25, 0.3) is 0 Å². The molecule has 0 atom stereocenters. The third-order valence-corrected chi connectivity index (χ3v) is 3.73. The van der Waals surface area contributed by atoms with Crippen LogP contribution >= 0.6 is 0 Å². The van der Waals surface area contributed by atoms with E-state index in [9.17, 15) is 9.59 Å². The molecule has 1 heterocycles. The van der Waals surface area contributed by atoms with E-state index in [2.05, 4.69) is 4.98 Å². The van der Waals surface area contributed by atoms with E-state index in [0.29, 0.717) is 6.54 Å². The van der Waals surface area contributed by atoms with Crippen LogP contribution < -0.4 is 10.5 Å². The van der Waals surface area contributed by atoms with Crippen molar-refractivity contribution in [1.29, 1.82) is 0 Å². The number of carbonyl (C=O) groups excluding carboxylic acids is 1. The van der Waals surface area contributed by atoms with Gasteiger partial charge in [0.05, 0.1) is 12.0 Å². The highest BCUT2D eigenvalue weighted by molar-refractivity contribution is 5.93. The first-order valence-electron chi connectivity index (χ1n) is 7.85. The van der Waals surface area contributed by atoms with Crippen LogP contribution in [0.4, 0.5) is 5.69 Å². The lowest BCUT2D eigenvalue weighted by atomic mass is 10.1. The number of likely N-dealkylation sites (N-methyl/N-ethyl adjacent to an activating group) is 1. The Kier molecular flexibility index (Phi) is 5.32. The molecule has 0 unspecified atom stereocenters. The first-order valence-corrected chi connectivity index (χ1v) is 7.85. The maximum atomic E-state index is 12.6. The Bertz CT molecular complexity index is 750. The molecule has 0 fully saturated rings. The third-order valence-electron chi connectivity index (χ3n) is 3.73. The molecule has 0 spiro atoms. The molecule has 122 valence electrons. The Hall–Kier alpha value is -2.43. The van der Waals surface area contributed by atoms with Crippen molar-refractivity contribution in [2.45, 2.75) is 40.2 Å². The monoisotopic (exact) mass is 313 g/mol. The van der Waals surface area contributed by atoms with Crippen molar-refractivity contribution < 1.29 is 4.79 Å². The number of aryl methyl sites for hydroxylation is 1. The Labute approximate surface area is 136 Å². The quantitative estimate of drug-likeness (QED) is 0.853. The first kappa shape index (κ1) is 16.9. The maximum absolute atomic E-state index is 12.6. The Morgan fingerprint density at radius 3 is 2.61 bits per heavy atom. The largest absolute Gasteiger partial charge is 0.311 e. The lowest BCUT2D eigenvalue weighted by Gasteiger charge is -2.22. The highest BCUT2D eigenvalue weighted by atomic mass is 16.2. The van der Waals surface area contributed by atoms with Crippen LogP contribution in [0.15, 0.2) is 41.5 Å². The van der Waals surface area contributed by atoms with Crippen molar-refractivity contribution in [3.05, 3.63) is 58.3 Å². The zero-order valence-electron chi connectivity index (χ0n) is 14.1. The molecule has 1 aromatic heterocycles. The number of anilines is 1. The zero-order chi connectivity index (χ0) is 17.0. The van der Waals surface area contributed by atoms with Gasteiger partial charge in [-0.2, -0.15) is 0 Å². The summed E-state index contributed by atoms with van der Waals surface area (Å²) in [6.45, 7) is 8.41. The van der Waals surface area contributed by atoms with Crippen LogP contribution in [0.1, 0.15) is 37.9 Å². The molecule has 5 heteroatoms. The van der Waals surface area contributed by atoms with E-state index >= 15 is 0 Å². The fourth-order valence-electron chi connectivity index (χ4n) is 2.40. The average molecular weight is 313 g/mol. The summed E-state index contributed by atoms with van der Waals surface area (Å²) in [6, 6.07) is 9.27. The van der Waals surface area contributed by atoms with Gasteiger partial charge in [-0.25, -0.2) is 4.98 Å². The molecule has 2 rings (SSSR count). The van der Waals surface area contributed by atoms with Crippen LogP contribution in [0, 0.1) is 6.92 Å². The number of hydrogen-bond donors (Lipinski definition) is 0. The predicted octanol–water partition coefficient (Wildman–Crippen LogP) is 2.73. The summed E-state index contributed by atoms with van der Waals surface area (Å²) >= 11 is 0. The van der Waals surface area contributed by atoms with E-state index in [0.717, 1.165) is 16.9 Å². The minimum absolute atomic E-state index is 0.00795. The van der Waals surface area contributed by atoms with E-state index in [1.807, 2.05) is 52.0 Å².